The summed E-state index contributed by atoms with van der Waals surface area (Å²) in [6, 6.07) is 9.49. The summed E-state index contributed by atoms with van der Waals surface area (Å²) in [5.74, 6) is 0.625. The van der Waals surface area contributed by atoms with Crippen LogP contribution in [0.25, 0.3) is 11.4 Å². The van der Waals surface area contributed by atoms with Crippen molar-refractivity contribution in [3.8, 4) is 11.4 Å². The van der Waals surface area contributed by atoms with E-state index in [-0.39, 0.29) is 5.56 Å². The first-order valence-electron chi connectivity index (χ1n) is 6.35. The molecular formula is C15H18N2O2. The van der Waals surface area contributed by atoms with Crippen molar-refractivity contribution in [3.63, 3.8) is 0 Å². The van der Waals surface area contributed by atoms with Crippen molar-refractivity contribution in [1.29, 1.82) is 0 Å². The van der Waals surface area contributed by atoms with Crippen LogP contribution in [0.1, 0.15) is 17.7 Å². The highest BCUT2D eigenvalue weighted by atomic mass is 16.5. The van der Waals surface area contributed by atoms with Crippen molar-refractivity contribution < 1.29 is 4.74 Å². The Balaban J connectivity index is 2.25. The number of aromatic amines is 1. The quantitative estimate of drug-likeness (QED) is 0.837. The van der Waals surface area contributed by atoms with Crippen LogP contribution in [-0.2, 0) is 11.2 Å². The van der Waals surface area contributed by atoms with Gasteiger partial charge in [0.2, 0.25) is 0 Å². The Morgan fingerprint density at radius 3 is 2.68 bits per heavy atom. The first kappa shape index (κ1) is 13.5. The molecule has 4 nitrogen and oxygen atoms in total. The van der Waals surface area contributed by atoms with Crippen molar-refractivity contribution in [3.05, 3.63) is 51.9 Å². The van der Waals surface area contributed by atoms with Gasteiger partial charge in [0.1, 0.15) is 5.82 Å². The number of nitrogens with one attached hydrogen (secondary N) is 1. The highest BCUT2D eigenvalue weighted by Gasteiger charge is 2.04. The van der Waals surface area contributed by atoms with Crippen LogP contribution in [-0.4, -0.2) is 23.7 Å². The summed E-state index contributed by atoms with van der Waals surface area (Å²) < 4.78 is 5.01. The van der Waals surface area contributed by atoms with Gasteiger partial charge < -0.3 is 9.72 Å². The smallest absolute Gasteiger partial charge is 0.251 e. The molecule has 0 amide bonds. The van der Waals surface area contributed by atoms with Crippen LogP contribution in [0.15, 0.2) is 35.1 Å². The summed E-state index contributed by atoms with van der Waals surface area (Å²) in [5, 5.41) is 0. The number of benzene rings is 1. The van der Waals surface area contributed by atoms with Gasteiger partial charge in [0.15, 0.2) is 0 Å². The second-order valence-electron chi connectivity index (χ2n) is 4.55. The largest absolute Gasteiger partial charge is 0.385 e. The molecule has 1 N–H and O–H groups in total. The molecule has 2 rings (SSSR count). The average Bonchev–Trinajstić information content (AvgIpc) is 2.39. The van der Waals surface area contributed by atoms with E-state index in [2.05, 4.69) is 9.97 Å². The third kappa shape index (κ3) is 3.76. The van der Waals surface area contributed by atoms with Gasteiger partial charge in [-0.25, -0.2) is 4.98 Å². The summed E-state index contributed by atoms with van der Waals surface area (Å²) in [4.78, 5) is 18.9. The SMILES string of the molecule is COCCCc1cc(=O)[nH]c(-c2ccc(C)cc2)n1. The summed E-state index contributed by atoms with van der Waals surface area (Å²) in [7, 11) is 1.67. The van der Waals surface area contributed by atoms with E-state index in [1.807, 2.05) is 31.2 Å². The zero-order valence-electron chi connectivity index (χ0n) is 11.3. The maximum atomic E-state index is 11.7. The van der Waals surface area contributed by atoms with Crippen molar-refractivity contribution in [1.82, 2.24) is 9.97 Å². The number of aromatic nitrogens is 2. The fourth-order valence-corrected chi connectivity index (χ4v) is 1.88. The van der Waals surface area contributed by atoms with E-state index < -0.39 is 0 Å². The lowest BCUT2D eigenvalue weighted by Crippen LogP contribution is -2.11. The van der Waals surface area contributed by atoms with Crippen molar-refractivity contribution >= 4 is 0 Å². The lowest BCUT2D eigenvalue weighted by molar-refractivity contribution is 0.195. The lowest BCUT2D eigenvalue weighted by Gasteiger charge is -2.05. The topological polar surface area (TPSA) is 55.0 Å². The van der Waals surface area contributed by atoms with Gasteiger partial charge >= 0.3 is 0 Å². The van der Waals surface area contributed by atoms with E-state index in [1.165, 1.54) is 5.56 Å². The number of hydrogen-bond acceptors (Lipinski definition) is 3. The minimum absolute atomic E-state index is 0.113. The van der Waals surface area contributed by atoms with Crippen LogP contribution in [0.2, 0.25) is 0 Å². The van der Waals surface area contributed by atoms with E-state index in [9.17, 15) is 4.79 Å². The summed E-state index contributed by atoms with van der Waals surface area (Å²) in [6.45, 7) is 2.70. The fourth-order valence-electron chi connectivity index (χ4n) is 1.88. The van der Waals surface area contributed by atoms with Crippen LogP contribution in [0.4, 0.5) is 0 Å². The fraction of sp³-hybridized carbons (Fsp3) is 0.333. The van der Waals surface area contributed by atoms with Crippen LogP contribution < -0.4 is 5.56 Å². The van der Waals surface area contributed by atoms with Crippen molar-refractivity contribution in [2.24, 2.45) is 0 Å². The Morgan fingerprint density at radius 1 is 1.26 bits per heavy atom. The van der Waals surface area contributed by atoms with Gasteiger partial charge in [-0.2, -0.15) is 0 Å². The van der Waals surface area contributed by atoms with Crippen molar-refractivity contribution in [2.45, 2.75) is 19.8 Å². The minimum Gasteiger partial charge on any atom is -0.385 e. The second-order valence-corrected chi connectivity index (χ2v) is 4.55. The first-order valence-corrected chi connectivity index (χ1v) is 6.35. The Hall–Kier alpha value is -1.94. The van der Waals surface area contributed by atoms with Gasteiger partial charge in [-0.05, 0) is 19.8 Å². The summed E-state index contributed by atoms with van der Waals surface area (Å²) in [5.41, 5.74) is 2.80. The molecule has 0 fully saturated rings. The number of hydrogen-bond donors (Lipinski definition) is 1. The Labute approximate surface area is 112 Å². The highest BCUT2D eigenvalue weighted by molar-refractivity contribution is 5.55. The number of methoxy groups -OCH3 is 1. The third-order valence-electron chi connectivity index (χ3n) is 2.90. The van der Waals surface area contributed by atoms with Crippen LogP contribution in [0.3, 0.4) is 0 Å². The molecule has 0 aliphatic heterocycles. The maximum Gasteiger partial charge on any atom is 0.251 e. The molecule has 0 aliphatic carbocycles. The molecule has 1 heterocycles. The number of rotatable bonds is 5. The summed E-state index contributed by atoms with van der Waals surface area (Å²) >= 11 is 0. The zero-order valence-corrected chi connectivity index (χ0v) is 11.3. The molecule has 0 unspecified atom stereocenters. The Kier molecular flexibility index (Phi) is 4.47. The molecule has 1 aromatic carbocycles. The normalized spacial score (nSPS) is 10.6. The number of H-pyrrole nitrogens is 1. The van der Waals surface area contributed by atoms with Gasteiger partial charge in [0.05, 0.1) is 0 Å². The number of nitrogens with zero attached hydrogens (tertiary/aromatic N) is 1. The highest BCUT2D eigenvalue weighted by Crippen LogP contribution is 2.14. The molecule has 0 radical (unpaired) electrons. The van der Waals surface area contributed by atoms with E-state index in [0.29, 0.717) is 12.4 Å². The molecule has 2 aromatic rings. The molecule has 4 heteroatoms. The van der Waals surface area contributed by atoms with E-state index in [0.717, 1.165) is 24.1 Å². The first-order chi connectivity index (χ1) is 9.19. The molecule has 0 bridgehead atoms. The van der Waals surface area contributed by atoms with Gasteiger partial charge in [-0.3, -0.25) is 4.79 Å². The Morgan fingerprint density at radius 2 is 2.00 bits per heavy atom. The van der Waals surface area contributed by atoms with E-state index in [1.54, 1.807) is 13.2 Å². The molecule has 100 valence electrons. The predicted molar refractivity (Wildman–Crippen MR) is 75.2 cm³/mol. The second kappa shape index (κ2) is 6.29. The minimum atomic E-state index is -0.113. The van der Waals surface area contributed by atoms with Crippen LogP contribution in [0, 0.1) is 6.92 Å². The van der Waals surface area contributed by atoms with Crippen molar-refractivity contribution in [2.75, 3.05) is 13.7 Å². The molecule has 19 heavy (non-hydrogen) atoms. The third-order valence-corrected chi connectivity index (χ3v) is 2.90. The summed E-state index contributed by atoms with van der Waals surface area (Å²) in [6.07, 6.45) is 1.61. The van der Waals surface area contributed by atoms with Gasteiger partial charge in [0, 0.05) is 31.0 Å². The van der Waals surface area contributed by atoms with Crippen LogP contribution in [0.5, 0.6) is 0 Å². The van der Waals surface area contributed by atoms with Gasteiger partial charge in [-0.15, -0.1) is 0 Å². The Bertz CT molecular complexity index is 588. The molecule has 0 atom stereocenters. The molecule has 0 aliphatic rings. The molecule has 1 aromatic heterocycles. The average molecular weight is 258 g/mol. The maximum absolute atomic E-state index is 11.7. The number of ether oxygens (including phenoxy) is 1. The van der Waals surface area contributed by atoms with Crippen LogP contribution >= 0.6 is 0 Å². The molecule has 0 saturated carbocycles. The number of aryl methyl sites for hydroxylation is 2. The molecular weight excluding hydrogens is 240 g/mol. The van der Waals surface area contributed by atoms with E-state index >= 15 is 0 Å². The monoisotopic (exact) mass is 258 g/mol. The van der Waals surface area contributed by atoms with Gasteiger partial charge in [-0.1, -0.05) is 29.8 Å². The zero-order chi connectivity index (χ0) is 13.7. The lowest BCUT2D eigenvalue weighted by atomic mass is 10.1. The van der Waals surface area contributed by atoms with E-state index in [4.69, 9.17) is 4.74 Å². The standard InChI is InChI=1S/C15H18N2O2/c1-11-5-7-12(8-6-11)15-16-13(4-3-9-19-2)10-14(18)17-15/h5-8,10H,3-4,9H2,1-2H3,(H,16,17,18). The molecule has 0 spiro atoms. The predicted octanol–water partition coefficient (Wildman–Crippen LogP) is 2.32. The molecule has 0 saturated heterocycles. The van der Waals surface area contributed by atoms with Gasteiger partial charge in [0.25, 0.3) is 5.56 Å².